The van der Waals surface area contributed by atoms with Crippen molar-refractivity contribution < 1.29 is 4.92 Å². The zero-order valence-corrected chi connectivity index (χ0v) is 12.0. The highest BCUT2D eigenvalue weighted by atomic mass is 16.6. The number of nitro groups is 1. The summed E-state index contributed by atoms with van der Waals surface area (Å²) in [5, 5.41) is 12.7. The fourth-order valence-corrected chi connectivity index (χ4v) is 2.67. The summed E-state index contributed by atoms with van der Waals surface area (Å²) >= 11 is 0. The van der Waals surface area contributed by atoms with Crippen molar-refractivity contribution in [2.24, 2.45) is 0 Å². The molecule has 4 rings (SSSR count). The molecule has 0 spiro atoms. The van der Waals surface area contributed by atoms with E-state index in [0.717, 1.165) is 22.2 Å². The number of aromatic nitrogens is 2. The van der Waals surface area contributed by atoms with Gasteiger partial charge < -0.3 is 0 Å². The molecule has 0 aliphatic rings. The molecule has 2 aromatic carbocycles. The highest BCUT2D eigenvalue weighted by molar-refractivity contribution is 5.90. The Hall–Kier alpha value is -3.34. The number of rotatable bonds is 2. The fourth-order valence-electron chi connectivity index (χ4n) is 2.67. The van der Waals surface area contributed by atoms with Crippen LogP contribution in [0.1, 0.15) is 0 Å². The lowest BCUT2D eigenvalue weighted by Crippen LogP contribution is -1.92. The summed E-state index contributed by atoms with van der Waals surface area (Å²) in [5.41, 5.74) is 3.23. The Balaban J connectivity index is 1.89. The molecule has 0 unspecified atom stereocenters. The van der Waals surface area contributed by atoms with Crippen LogP contribution in [-0.2, 0) is 0 Å². The summed E-state index contributed by atoms with van der Waals surface area (Å²) in [6, 6.07) is 18.3. The van der Waals surface area contributed by atoms with Crippen LogP contribution in [0.3, 0.4) is 0 Å². The molecule has 2 aromatic heterocycles. The SMILES string of the molecule is O=[N+]([O-])c1cccc2nc(-c3cnc4ccccc4c3)ccc12. The maximum absolute atomic E-state index is 11.1. The molecule has 0 aliphatic carbocycles. The smallest absolute Gasteiger partial charge is 0.258 e. The Morgan fingerprint density at radius 2 is 1.74 bits per heavy atom. The highest BCUT2D eigenvalue weighted by Gasteiger charge is 2.12. The molecule has 0 aliphatic heterocycles. The predicted octanol–water partition coefficient (Wildman–Crippen LogP) is 4.36. The monoisotopic (exact) mass is 301 g/mol. The number of hydrogen-bond donors (Lipinski definition) is 0. The average molecular weight is 301 g/mol. The molecule has 0 bridgehead atoms. The van der Waals surface area contributed by atoms with Gasteiger partial charge in [0.25, 0.3) is 5.69 Å². The third-order valence-corrected chi connectivity index (χ3v) is 3.79. The van der Waals surface area contributed by atoms with Gasteiger partial charge in [0.05, 0.1) is 27.0 Å². The van der Waals surface area contributed by atoms with Crippen molar-refractivity contribution in [1.29, 1.82) is 0 Å². The van der Waals surface area contributed by atoms with Gasteiger partial charge in [-0.2, -0.15) is 0 Å². The average Bonchev–Trinajstić information content (AvgIpc) is 2.60. The molecule has 0 saturated heterocycles. The van der Waals surface area contributed by atoms with Gasteiger partial charge in [0.2, 0.25) is 0 Å². The summed E-state index contributed by atoms with van der Waals surface area (Å²) in [6.07, 6.45) is 1.77. The van der Waals surface area contributed by atoms with E-state index in [1.807, 2.05) is 30.3 Å². The van der Waals surface area contributed by atoms with E-state index in [4.69, 9.17) is 0 Å². The Morgan fingerprint density at radius 3 is 2.61 bits per heavy atom. The Kier molecular flexibility index (Phi) is 2.98. The third-order valence-electron chi connectivity index (χ3n) is 3.79. The van der Waals surface area contributed by atoms with Crippen LogP contribution in [0.25, 0.3) is 33.1 Å². The Morgan fingerprint density at radius 1 is 0.913 bits per heavy atom. The van der Waals surface area contributed by atoms with Crippen LogP contribution in [0.5, 0.6) is 0 Å². The maximum atomic E-state index is 11.1. The van der Waals surface area contributed by atoms with Gasteiger partial charge in [0.15, 0.2) is 0 Å². The van der Waals surface area contributed by atoms with Gasteiger partial charge in [-0.25, -0.2) is 4.98 Å². The van der Waals surface area contributed by atoms with Crippen LogP contribution in [0.2, 0.25) is 0 Å². The van der Waals surface area contributed by atoms with Crippen molar-refractivity contribution in [3.8, 4) is 11.3 Å². The number of fused-ring (bicyclic) bond motifs is 2. The molecule has 0 N–H and O–H groups in total. The molecule has 0 fully saturated rings. The lowest BCUT2D eigenvalue weighted by molar-refractivity contribution is -0.383. The van der Waals surface area contributed by atoms with Gasteiger partial charge in [-0.1, -0.05) is 24.3 Å². The van der Waals surface area contributed by atoms with Crippen molar-refractivity contribution in [2.45, 2.75) is 0 Å². The van der Waals surface area contributed by atoms with Crippen molar-refractivity contribution in [2.75, 3.05) is 0 Å². The lowest BCUT2D eigenvalue weighted by Gasteiger charge is -2.05. The number of benzene rings is 2. The number of hydrogen-bond acceptors (Lipinski definition) is 4. The van der Waals surface area contributed by atoms with E-state index >= 15 is 0 Å². The molecular weight excluding hydrogens is 290 g/mol. The first kappa shape index (κ1) is 13.3. The molecule has 5 nitrogen and oxygen atoms in total. The second-order valence-corrected chi connectivity index (χ2v) is 5.21. The van der Waals surface area contributed by atoms with Crippen LogP contribution < -0.4 is 0 Å². The van der Waals surface area contributed by atoms with E-state index in [-0.39, 0.29) is 10.6 Å². The van der Waals surface area contributed by atoms with Crippen molar-refractivity contribution in [3.05, 3.63) is 77.0 Å². The minimum atomic E-state index is -0.388. The second-order valence-electron chi connectivity index (χ2n) is 5.21. The molecular formula is C18H11N3O2. The first-order chi connectivity index (χ1) is 11.2. The summed E-state index contributed by atoms with van der Waals surface area (Å²) in [5.74, 6) is 0. The molecule has 0 radical (unpaired) electrons. The number of pyridine rings is 2. The molecule has 23 heavy (non-hydrogen) atoms. The second kappa shape index (κ2) is 5.14. The largest absolute Gasteiger partial charge is 0.278 e. The zero-order valence-electron chi connectivity index (χ0n) is 12.0. The molecule has 2 heterocycles. The molecule has 5 heteroatoms. The van der Waals surface area contributed by atoms with Crippen LogP contribution in [0.15, 0.2) is 66.9 Å². The van der Waals surface area contributed by atoms with E-state index in [1.54, 1.807) is 30.5 Å². The zero-order chi connectivity index (χ0) is 15.8. The minimum absolute atomic E-state index is 0.0678. The topological polar surface area (TPSA) is 68.9 Å². The van der Waals surface area contributed by atoms with Crippen LogP contribution in [-0.4, -0.2) is 14.9 Å². The molecule has 0 amide bonds. The Labute approximate surface area is 131 Å². The van der Waals surface area contributed by atoms with Gasteiger partial charge in [-0.05, 0) is 30.3 Å². The lowest BCUT2D eigenvalue weighted by atomic mass is 10.1. The molecule has 0 atom stereocenters. The van der Waals surface area contributed by atoms with Gasteiger partial charge in [-0.15, -0.1) is 0 Å². The number of nitro benzene ring substituents is 1. The standard InChI is InChI=1S/C18H11N3O2/c22-21(23)18-7-3-6-17-14(18)8-9-16(20-17)13-10-12-4-1-2-5-15(12)19-11-13/h1-11H. The van der Waals surface area contributed by atoms with Crippen LogP contribution in [0, 0.1) is 10.1 Å². The van der Waals surface area contributed by atoms with Gasteiger partial charge in [0.1, 0.15) is 0 Å². The molecule has 110 valence electrons. The van der Waals surface area contributed by atoms with E-state index in [0.29, 0.717) is 10.9 Å². The predicted molar refractivity (Wildman–Crippen MR) is 89.1 cm³/mol. The van der Waals surface area contributed by atoms with Crippen LogP contribution >= 0.6 is 0 Å². The summed E-state index contributed by atoms with van der Waals surface area (Å²) in [6.45, 7) is 0. The maximum Gasteiger partial charge on any atom is 0.278 e. The van der Waals surface area contributed by atoms with E-state index < -0.39 is 0 Å². The highest BCUT2D eigenvalue weighted by Crippen LogP contribution is 2.28. The van der Waals surface area contributed by atoms with Gasteiger partial charge in [0, 0.05) is 23.2 Å². The normalized spacial score (nSPS) is 11.0. The quantitative estimate of drug-likeness (QED) is 0.407. The third kappa shape index (κ3) is 2.28. The molecule has 4 aromatic rings. The summed E-state index contributed by atoms with van der Waals surface area (Å²) < 4.78 is 0. The number of para-hydroxylation sites is 1. The minimum Gasteiger partial charge on any atom is -0.258 e. The number of non-ortho nitro benzene ring substituents is 1. The van der Waals surface area contributed by atoms with Gasteiger partial charge in [-0.3, -0.25) is 15.1 Å². The van der Waals surface area contributed by atoms with Crippen molar-refractivity contribution >= 4 is 27.5 Å². The van der Waals surface area contributed by atoms with Crippen LogP contribution in [0.4, 0.5) is 5.69 Å². The number of nitrogens with zero attached hydrogens (tertiary/aromatic N) is 3. The Bertz CT molecular complexity index is 1060. The summed E-state index contributed by atoms with van der Waals surface area (Å²) in [4.78, 5) is 19.7. The summed E-state index contributed by atoms with van der Waals surface area (Å²) in [7, 11) is 0. The first-order valence-corrected chi connectivity index (χ1v) is 7.12. The fraction of sp³-hybridized carbons (Fsp3) is 0. The van der Waals surface area contributed by atoms with Gasteiger partial charge >= 0.3 is 0 Å². The van der Waals surface area contributed by atoms with Crippen molar-refractivity contribution in [3.63, 3.8) is 0 Å². The van der Waals surface area contributed by atoms with E-state index in [2.05, 4.69) is 9.97 Å². The van der Waals surface area contributed by atoms with E-state index in [1.165, 1.54) is 6.07 Å². The molecule has 0 saturated carbocycles. The first-order valence-electron chi connectivity index (χ1n) is 7.12. The van der Waals surface area contributed by atoms with E-state index in [9.17, 15) is 10.1 Å². The van der Waals surface area contributed by atoms with Crippen molar-refractivity contribution in [1.82, 2.24) is 9.97 Å².